The summed E-state index contributed by atoms with van der Waals surface area (Å²) in [5.41, 5.74) is 4.28. The first-order valence-electron chi connectivity index (χ1n) is 16.6. The molecule has 6 nitrogen and oxygen atoms in total. The van der Waals surface area contributed by atoms with Crippen molar-refractivity contribution < 1.29 is 9.53 Å². The Bertz CT molecular complexity index is 1640. The number of aromatic nitrogens is 2. The van der Waals surface area contributed by atoms with Crippen LogP contribution < -0.4 is 0 Å². The largest absolute Gasteiger partial charge is 0.353 e. The number of pyridine rings is 1. The Labute approximate surface area is 248 Å². The summed E-state index contributed by atoms with van der Waals surface area (Å²) in [4.78, 5) is 27.3. The lowest BCUT2D eigenvalue weighted by atomic mass is 9.53. The van der Waals surface area contributed by atoms with Crippen molar-refractivity contribution in [1.29, 1.82) is 0 Å². The molecule has 4 saturated heterocycles. The number of hydrogen-bond donors (Lipinski definition) is 1. The van der Waals surface area contributed by atoms with E-state index in [0.717, 1.165) is 69.4 Å². The molecule has 0 radical (unpaired) electrons. The molecule has 0 amide bonds. The molecule has 0 saturated carbocycles. The smallest absolute Gasteiger partial charge is 0.133 e. The van der Waals surface area contributed by atoms with Gasteiger partial charge in [0, 0.05) is 53.8 Å². The predicted molar refractivity (Wildman–Crippen MR) is 166 cm³/mol. The number of hydrogen-bond acceptors (Lipinski definition) is 5. The van der Waals surface area contributed by atoms with Crippen molar-refractivity contribution in [3.8, 4) is 0 Å². The molecule has 3 aromatic rings. The third kappa shape index (κ3) is 3.55. The second-order valence-corrected chi connectivity index (χ2v) is 14.1. The normalized spacial score (nSPS) is 39.2. The molecule has 5 bridgehead atoms. The van der Waals surface area contributed by atoms with Gasteiger partial charge in [-0.2, -0.15) is 0 Å². The van der Waals surface area contributed by atoms with E-state index >= 15 is 0 Å². The molecular weight excluding hydrogens is 520 g/mol. The summed E-state index contributed by atoms with van der Waals surface area (Å²) in [7, 11) is 0. The van der Waals surface area contributed by atoms with E-state index in [2.05, 4.69) is 63.3 Å². The Hall–Kier alpha value is -2.80. The summed E-state index contributed by atoms with van der Waals surface area (Å²) >= 11 is 0. The maximum Gasteiger partial charge on any atom is 0.133 e. The van der Waals surface area contributed by atoms with Crippen LogP contribution in [0.15, 0.2) is 54.8 Å². The summed E-state index contributed by atoms with van der Waals surface area (Å²) in [5, 5.41) is 2.52. The molecule has 1 spiro atoms. The Kier molecular flexibility index (Phi) is 5.71. The monoisotopic (exact) mass is 562 g/mol. The summed E-state index contributed by atoms with van der Waals surface area (Å²) in [6.07, 6.45) is 20.5. The number of piperidine rings is 1. The SMILES string of the molecule is O=C1CCCN2[C@@H]3[C@@]45CN6CCCC/C=C\CC[C@@]3(C=C(c3nccc7c3[nH]c3ccccc37)[C@@H]4CC6)O[C@]2(CC1)C5. The fourth-order valence-electron chi connectivity index (χ4n) is 10.5. The second kappa shape index (κ2) is 9.35. The standard InChI is InChI=1S/C36H42N4O2/c41-25-10-9-20-40-33-34-23-36(40,17-13-25)42-35(33)16-7-3-1-2-4-8-19-39(24-34)21-15-29(34)28(22-35)31-32-27(14-18-37-31)26-11-5-6-12-30(26)38-32/h1,3,5-6,11-12,14,18,22,29,33,38H,2,4,7-10,13,15-17,19-21,23-24H2/b3-1-/t29-,33+,34-,35-,36+/m0/s1. The number of Topliss-reactive ketones (excluding diaryl/α,β-unsaturated/α-hetero) is 1. The van der Waals surface area contributed by atoms with Gasteiger partial charge >= 0.3 is 0 Å². The topological polar surface area (TPSA) is 61.5 Å². The average molecular weight is 563 g/mol. The molecule has 9 rings (SSSR count). The van der Waals surface area contributed by atoms with Crippen molar-refractivity contribution in [2.75, 3.05) is 26.2 Å². The first-order valence-corrected chi connectivity index (χ1v) is 16.6. The van der Waals surface area contributed by atoms with E-state index in [1.54, 1.807) is 0 Å². The van der Waals surface area contributed by atoms with Crippen LogP contribution in [0.4, 0.5) is 0 Å². The summed E-state index contributed by atoms with van der Waals surface area (Å²) < 4.78 is 7.53. The number of aromatic amines is 1. The number of carbonyl (C=O) groups is 1. The highest BCUT2D eigenvalue weighted by Gasteiger charge is 2.77. The maximum absolute atomic E-state index is 12.8. The van der Waals surface area contributed by atoms with Crippen molar-refractivity contribution >= 4 is 33.2 Å². The van der Waals surface area contributed by atoms with Gasteiger partial charge in [0.1, 0.15) is 17.1 Å². The van der Waals surface area contributed by atoms with Crippen LogP contribution in [0, 0.1) is 11.3 Å². The molecule has 6 heteroatoms. The highest BCUT2D eigenvalue weighted by atomic mass is 16.6. The number of para-hydroxylation sites is 1. The molecule has 6 atom stereocenters. The van der Waals surface area contributed by atoms with Crippen LogP contribution >= 0.6 is 0 Å². The number of allylic oxidation sites excluding steroid dienone is 3. The van der Waals surface area contributed by atoms with Crippen LogP contribution in [0.5, 0.6) is 0 Å². The van der Waals surface area contributed by atoms with Crippen LogP contribution in [0.1, 0.15) is 76.3 Å². The van der Waals surface area contributed by atoms with E-state index < -0.39 is 0 Å². The average Bonchev–Trinajstić information content (AvgIpc) is 3.58. The number of ketones is 1. The number of nitrogens with zero attached hydrogens (tertiary/aromatic N) is 3. The van der Waals surface area contributed by atoms with E-state index in [0.29, 0.717) is 30.6 Å². The van der Waals surface area contributed by atoms with E-state index in [1.807, 2.05) is 6.20 Å². The fourth-order valence-corrected chi connectivity index (χ4v) is 10.5. The summed E-state index contributed by atoms with van der Waals surface area (Å²) in [6.45, 7) is 4.44. The summed E-state index contributed by atoms with van der Waals surface area (Å²) in [6, 6.07) is 11.2. The van der Waals surface area contributed by atoms with E-state index in [1.165, 1.54) is 47.7 Å². The lowest BCUT2D eigenvalue weighted by Crippen LogP contribution is -2.65. The fraction of sp³-hybridized carbons (Fsp3) is 0.556. The molecule has 7 heterocycles. The van der Waals surface area contributed by atoms with Crippen molar-refractivity contribution in [1.82, 2.24) is 19.8 Å². The molecule has 1 N–H and O–H groups in total. The zero-order chi connectivity index (χ0) is 27.9. The molecule has 2 aromatic heterocycles. The van der Waals surface area contributed by atoms with Gasteiger partial charge in [-0.3, -0.25) is 14.7 Å². The van der Waals surface area contributed by atoms with Crippen molar-refractivity contribution in [2.24, 2.45) is 11.3 Å². The number of ether oxygens (including phenoxy) is 1. The number of H-pyrrole nitrogens is 1. The van der Waals surface area contributed by atoms with Crippen LogP contribution in [0.3, 0.4) is 0 Å². The predicted octanol–water partition coefficient (Wildman–Crippen LogP) is 6.62. The van der Waals surface area contributed by atoms with Crippen LogP contribution in [0.2, 0.25) is 0 Å². The summed E-state index contributed by atoms with van der Waals surface area (Å²) in [5.74, 6) is 0.850. The molecule has 218 valence electrons. The minimum Gasteiger partial charge on any atom is -0.353 e. The van der Waals surface area contributed by atoms with Crippen LogP contribution in [0.25, 0.3) is 27.4 Å². The van der Waals surface area contributed by atoms with Gasteiger partial charge in [0.05, 0.1) is 17.3 Å². The Morgan fingerprint density at radius 2 is 1.88 bits per heavy atom. The van der Waals surface area contributed by atoms with E-state index in [-0.39, 0.29) is 16.7 Å². The highest BCUT2D eigenvalue weighted by Crippen LogP contribution is 2.70. The third-order valence-electron chi connectivity index (χ3n) is 11.9. The van der Waals surface area contributed by atoms with E-state index in [9.17, 15) is 4.79 Å². The third-order valence-corrected chi connectivity index (χ3v) is 11.9. The molecule has 4 fully saturated rings. The first-order chi connectivity index (χ1) is 20.6. The second-order valence-electron chi connectivity index (χ2n) is 14.1. The zero-order valence-electron chi connectivity index (χ0n) is 24.6. The Balaban J connectivity index is 1.27. The number of benzene rings is 1. The van der Waals surface area contributed by atoms with Gasteiger partial charge < -0.3 is 14.6 Å². The van der Waals surface area contributed by atoms with Crippen molar-refractivity contribution in [3.05, 3.63) is 60.5 Å². The maximum atomic E-state index is 12.8. The Morgan fingerprint density at radius 1 is 0.952 bits per heavy atom. The van der Waals surface area contributed by atoms with Crippen LogP contribution in [-0.2, 0) is 9.53 Å². The Morgan fingerprint density at radius 3 is 2.86 bits per heavy atom. The van der Waals surface area contributed by atoms with Crippen molar-refractivity contribution in [3.63, 3.8) is 0 Å². The number of nitrogens with one attached hydrogen (secondary N) is 1. The van der Waals surface area contributed by atoms with Gasteiger partial charge in [-0.25, -0.2) is 0 Å². The molecule has 1 aromatic carbocycles. The zero-order valence-corrected chi connectivity index (χ0v) is 24.6. The number of rotatable bonds is 1. The minimum absolute atomic E-state index is 0.0988. The number of carbonyl (C=O) groups excluding carboxylic acids is 1. The van der Waals surface area contributed by atoms with Gasteiger partial charge in [-0.15, -0.1) is 0 Å². The number of fused-ring (bicyclic) bond motifs is 4. The molecule has 5 aliphatic heterocycles. The molecule has 1 unspecified atom stereocenters. The van der Waals surface area contributed by atoms with Gasteiger partial charge in [0.15, 0.2) is 0 Å². The minimum atomic E-state index is -0.366. The lowest BCUT2D eigenvalue weighted by molar-refractivity contribution is -0.180. The van der Waals surface area contributed by atoms with Gasteiger partial charge in [0.25, 0.3) is 0 Å². The van der Waals surface area contributed by atoms with Gasteiger partial charge in [-0.1, -0.05) is 30.4 Å². The first kappa shape index (κ1) is 25.7. The lowest BCUT2D eigenvalue weighted by Gasteiger charge is -2.59. The molecule has 1 aliphatic carbocycles. The molecule has 6 aliphatic rings. The molecule has 42 heavy (non-hydrogen) atoms. The van der Waals surface area contributed by atoms with Crippen LogP contribution in [-0.4, -0.2) is 69.1 Å². The van der Waals surface area contributed by atoms with Gasteiger partial charge in [-0.05, 0) is 101 Å². The quantitative estimate of drug-likeness (QED) is 0.338. The van der Waals surface area contributed by atoms with Gasteiger partial charge in [0.2, 0.25) is 0 Å². The van der Waals surface area contributed by atoms with Crippen molar-refractivity contribution in [2.45, 2.75) is 88.0 Å². The highest BCUT2D eigenvalue weighted by molar-refractivity contribution is 6.09. The van der Waals surface area contributed by atoms with E-state index in [4.69, 9.17) is 9.72 Å². The molecular formula is C36H42N4O2.